The number of alkyl halides is 1. The van der Waals surface area contributed by atoms with E-state index in [1.807, 2.05) is 12.2 Å². The van der Waals surface area contributed by atoms with Gasteiger partial charge in [0.25, 0.3) is 0 Å². The van der Waals surface area contributed by atoms with Crippen molar-refractivity contribution < 1.29 is 0 Å². The highest BCUT2D eigenvalue weighted by atomic mass is 35.5. The molecule has 190 valence electrons. The Labute approximate surface area is 221 Å². The Hall–Kier alpha value is -2.51. The van der Waals surface area contributed by atoms with Crippen molar-refractivity contribution in [1.29, 1.82) is 0 Å². The van der Waals surface area contributed by atoms with Gasteiger partial charge in [0.2, 0.25) is 0 Å². The Morgan fingerprint density at radius 2 is 1.83 bits per heavy atom. The van der Waals surface area contributed by atoms with E-state index in [0.29, 0.717) is 5.88 Å². The highest BCUT2D eigenvalue weighted by Crippen LogP contribution is 2.35. The van der Waals surface area contributed by atoms with Crippen molar-refractivity contribution in [2.45, 2.75) is 67.2 Å². The summed E-state index contributed by atoms with van der Waals surface area (Å²) in [5.74, 6) is 0.649. The highest BCUT2D eigenvalue weighted by molar-refractivity contribution is 6.17. The zero-order valence-electron chi connectivity index (χ0n) is 23.0. The van der Waals surface area contributed by atoms with Gasteiger partial charge in [0.15, 0.2) is 0 Å². The van der Waals surface area contributed by atoms with Crippen LogP contribution in [0.25, 0.3) is 5.57 Å². The number of hydrogen-bond donors (Lipinski definition) is 0. The van der Waals surface area contributed by atoms with Crippen LogP contribution in [-0.2, 0) is 0 Å². The van der Waals surface area contributed by atoms with Crippen LogP contribution in [0.3, 0.4) is 0 Å². The Kier molecular flexibility index (Phi) is 14.8. The molecule has 0 saturated carbocycles. The Bertz CT molecular complexity index is 980. The van der Waals surface area contributed by atoms with E-state index in [9.17, 15) is 0 Å². The number of hydrogen-bond acceptors (Lipinski definition) is 1. The van der Waals surface area contributed by atoms with Gasteiger partial charge in [0, 0.05) is 24.7 Å². The molecule has 0 spiro atoms. The molecule has 0 unspecified atom stereocenters. The fourth-order valence-electron chi connectivity index (χ4n) is 4.41. The fraction of sp³-hybridized carbons (Fsp3) is 0.394. The summed E-state index contributed by atoms with van der Waals surface area (Å²) in [7, 11) is 0. The summed E-state index contributed by atoms with van der Waals surface area (Å²) in [6.07, 6.45) is 16.6. The molecule has 0 bridgehead atoms. The Morgan fingerprint density at radius 3 is 2.37 bits per heavy atom. The molecule has 0 saturated heterocycles. The van der Waals surface area contributed by atoms with E-state index in [1.165, 1.54) is 44.7 Å². The third-order valence-corrected chi connectivity index (χ3v) is 6.43. The van der Waals surface area contributed by atoms with Crippen LogP contribution in [0.4, 0.5) is 5.69 Å². The van der Waals surface area contributed by atoms with Gasteiger partial charge < -0.3 is 4.90 Å². The maximum atomic E-state index is 6.04. The lowest BCUT2D eigenvalue weighted by Crippen LogP contribution is -2.24. The second-order valence-electron chi connectivity index (χ2n) is 8.91. The van der Waals surface area contributed by atoms with E-state index >= 15 is 0 Å². The van der Waals surface area contributed by atoms with Crippen LogP contribution >= 0.6 is 11.6 Å². The molecule has 35 heavy (non-hydrogen) atoms. The quantitative estimate of drug-likeness (QED) is 0.174. The average Bonchev–Trinajstić information content (AvgIpc) is 2.85. The van der Waals surface area contributed by atoms with Crippen LogP contribution in [0.5, 0.6) is 0 Å². The molecule has 0 N–H and O–H groups in total. The zero-order valence-corrected chi connectivity index (χ0v) is 23.7. The van der Waals surface area contributed by atoms with Gasteiger partial charge in [0.05, 0.1) is 0 Å². The second-order valence-corrected chi connectivity index (χ2v) is 9.28. The molecule has 0 radical (unpaired) electrons. The van der Waals surface area contributed by atoms with Gasteiger partial charge in [0.1, 0.15) is 0 Å². The molecule has 0 aliphatic heterocycles. The van der Waals surface area contributed by atoms with Gasteiger partial charge in [-0.2, -0.15) is 0 Å². The fourth-order valence-corrected chi connectivity index (χ4v) is 4.54. The first-order valence-electron chi connectivity index (χ1n) is 12.9. The zero-order chi connectivity index (χ0) is 26.2. The minimum Gasteiger partial charge on any atom is -0.371 e. The van der Waals surface area contributed by atoms with Gasteiger partial charge in [-0.25, -0.2) is 0 Å². The van der Waals surface area contributed by atoms with Crippen LogP contribution in [0.15, 0.2) is 102 Å². The molecule has 0 heterocycles. The second kappa shape index (κ2) is 17.0. The minimum atomic E-state index is 0.649. The summed E-state index contributed by atoms with van der Waals surface area (Å²) < 4.78 is 0. The van der Waals surface area contributed by atoms with Crippen molar-refractivity contribution in [3.8, 4) is 0 Å². The molecule has 0 aromatic heterocycles. The third-order valence-electron chi connectivity index (χ3n) is 6.17. The standard InChI is InChI=1S/C33H46ClN/c1-9-16-28(17-10-2)22-24-35(13-5)31-21-14-19-30(25-31)33(32(12-4)26(6)7)27(8)29(18-11-3)20-15-23-34/h9,11-12,14,16-19,21,25H,3-4,10,13,15,20,22-24H2,1-2,5-8H3/b16-9-,28-17+,29-18+,33-27+. The number of nitrogens with zero attached hydrogens (tertiary/aromatic N) is 1. The topological polar surface area (TPSA) is 3.24 Å². The number of rotatable bonds is 15. The predicted octanol–water partition coefficient (Wildman–Crippen LogP) is 10.2. The van der Waals surface area contributed by atoms with Crippen molar-refractivity contribution in [3.63, 3.8) is 0 Å². The first-order chi connectivity index (χ1) is 16.9. The van der Waals surface area contributed by atoms with E-state index in [-0.39, 0.29) is 0 Å². The molecular weight excluding hydrogens is 446 g/mol. The minimum absolute atomic E-state index is 0.649. The van der Waals surface area contributed by atoms with E-state index in [1.54, 1.807) is 0 Å². The molecule has 1 aromatic carbocycles. The summed E-state index contributed by atoms with van der Waals surface area (Å²) in [4.78, 5) is 2.47. The maximum Gasteiger partial charge on any atom is 0.0372 e. The summed E-state index contributed by atoms with van der Waals surface area (Å²) >= 11 is 6.04. The Balaban J connectivity index is 3.59. The average molecular weight is 492 g/mol. The van der Waals surface area contributed by atoms with Gasteiger partial charge in [-0.15, -0.1) is 11.6 Å². The number of anilines is 1. The smallest absolute Gasteiger partial charge is 0.0372 e. The predicted molar refractivity (Wildman–Crippen MR) is 162 cm³/mol. The summed E-state index contributed by atoms with van der Waals surface area (Å²) in [5.41, 5.74) is 10.1. The summed E-state index contributed by atoms with van der Waals surface area (Å²) in [6, 6.07) is 8.96. The number of benzene rings is 1. The molecular formula is C33H46ClN. The van der Waals surface area contributed by atoms with Gasteiger partial charge in [-0.05, 0) is 100 Å². The van der Waals surface area contributed by atoms with E-state index in [0.717, 1.165) is 38.8 Å². The highest BCUT2D eigenvalue weighted by Gasteiger charge is 2.15. The summed E-state index contributed by atoms with van der Waals surface area (Å²) in [5, 5.41) is 0. The molecule has 0 aliphatic rings. The van der Waals surface area contributed by atoms with E-state index in [4.69, 9.17) is 11.6 Å². The van der Waals surface area contributed by atoms with Crippen LogP contribution < -0.4 is 4.90 Å². The van der Waals surface area contributed by atoms with Gasteiger partial charge >= 0.3 is 0 Å². The maximum absolute atomic E-state index is 6.04. The van der Waals surface area contributed by atoms with Crippen LogP contribution in [0.1, 0.15) is 72.8 Å². The monoisotopic (exact) mass is 491 g/mol. The molecule has 0 fully saturated rings. The molecule has 1 rings (SSSR count). The molecule has 0 atom stereocenters. The number of allylic oxidation sites excluding steroid dienone is 11. The molecule has 0 aliphatic carbocycles. The third kappa shape index (κ3) is 9.57. The lowest BCUT2D eigenvalue weighted by Gasteiger charge is -2.25. The molecule has 1 aromatic rings. The van der Waals surface area contributed by atoms with Crippen LogP contribution in [-0.4, -0.2) is 19.0 Å². The van der Waals surface area contributed by atoms with Crippen molar-refractivity contribution in [3.05, 3.63) is 107 Å². The van der Waals surface area contributed by atoms with Gasteiger partial charge in [-0.1, -0.05) is 79.8 Å². The van der Waals surface area contributed by atoms with Crippen molar-refractivity contribution in [1.82, 2.24) is 0 Å². The van der Waals surface area contributed by atoms with Gasteiger partial charge in [-0.3, -0.25) is 0 Å². The largest absolute Gasteiger partial charge is 0.371 e. The first-order valence-corrected chi connectivity index (χ1v) is 13.5. The molecule has 1 nitrogen and oxygen atoms in total. The van der Waals surface area contributed by atoms with E-state index in [2.05, 4.69) is 108 Å². The summed E-state index contributed by atoms with van der Waals surface area (Å²) in [6.45, 7) is 23.1. The molecule has 2 heteroatoms. The lowest BCUT2D eigenvalue weighted by atomic mass is 9.86. The van der Waals surface area contributed by atoms with Crippen LogP contribution in [0, 0.1) is 0 Å². The molecule has 0 amide bonds. The van der Waals surface area contributed by atoms with Crippen molar-refractivity contribution in [2.75, 3.05) is 23.9 Å². The van der Waals surface area contributed by atoms with Crippen molar-refractivity contribution in [2.24, 2.45) is 0 Å². The normalized spacial score (nSPS) is 13.0. The lowest BCUT2D eigenvalue weighted by molar-refractivity contribution is 0.808. The van der Waals surface area contributed by atoms with E-state index < -0.39 is 0 Å². The Morgan fingerprint density at radius 1 is 1.09 bits per heavy atom. The SMILES string of the molecule is C=C/C=C(CCCCl)/C(C)=C(/C(C=C)=C(C)C)c1cccc(N(CC)CCC(/C=C\C)=C/CC)c1. The number of halogens is 1. The van der Waals surface area contributed by atoms with Crippen LogP contribution in [0.2, 0.25) is 0 Å². The first kappa shape index (κ1) is 30.5. The van der Waals surface area contributed by atoms with Crippen molar-refractivity contribution >= 4 is 22.9 Å².